The Bertz CT molecular complexity index is 388. The number of methoxy groups -OCH3 is 1. The number of carbonyl (C=O) groups is 3. The number of likely N-dealkylation sites (tertiary alicyclic amines) is 2. The van der Waals surface area contributed by atoms with Crippen molar-refractivity contribution >= 4 is 17.8 Å². The van der Waals surface area contributed by atoms with Crippen LogP contribution < -0.4 is 4.90 Å². The first-order chi connectivity index (χ1) is 9.08. The summed E-state index contributed by atoms with van der Waals surface area (Å²) in [5, 5.41) is 0. The zero-order chi connectivity index (χ0) is 14.0. The molecular formula is C13H21N2O4+. The predicted molar refractivity (Wildman–Crippen MR) is 66.2 cm³/mol. The lowest BCUT2D eigenvalue weighted by molar-refractivity contribution is -0.920. The highest BCUT2D eigenvalue weighted by molar-refractivity contribution is 6.04. The molecule has 6 heteroatoms. The second kappa shape index (κ2) is 5.69. The minimum absolute atomic E-state index is 0.0526. The van der Waals surface area contributed by atoms with Crippen molar-refractivity contribution in [2.24, 2.45) is 5.92 Å². The third-order valence-electron chi connectivity index (χ3n) is 4.22. The van der Waals surface area contributed by atoms with Crippen LogP contribution in [-0.4, -0.2) is 55.5 Å². The number of nitrogens with zero attached hydrogens (tertiary/aromatic N) is 1. The highest BCUT2D eigenvalue weighted by Gasteiger charge is 2.45. The second-order valence-corrected chi connectivity index (χ2v) is 5.19. The molecule has 0 aromatic carbocycles. The summed E-state index contributed by atoms with van der Waals surface area (Å²) in [6.45, 7) is 3.77. The number of nitrogens with one attached hydrogen (secondary N) is 1. The molecule has 0 spiro atoms. The molecule has 0 saturated carbocycles. The molecule has 2 aliphatic rings. The Morgan fingerprint density at radius 3 is 2.47 bits per heavy atom. The van der Waals surface area contributed by atoms with Gasteiger partial charge in [0.1, 0.15) is 0 Å². The third-order valence-corrected chi connectivity index (χ3v) is 4.22. The zero-order valence-electron chi connectivity index (χ0n) is 11.5. The van der Waals surface area contributed by atoms with Gasteiger partial charge in [-0.3, -0.25) is 19.3 Å². The van der Waals surface area contributed by atoms with Gasteiger partial charge >= 0.3 is 5.97 Å². The average Bonchev–Trinajstić information content (AvgIpc) is 2.72. The molecule has 6 nitrogen and oxygen atoms in total. The first-order valence-electron chi connectivity index (χ1n) is 6.85. The standard InChI is InChI=1S/C13H20N2O4/c1-3-15-11(16)8-10(12(15)17)14-6-4-9(5-7-14)13(18)19-2/h9-10H,3-8H2,1-2H3/p+1/t10-/m1/s1. The van der Waals surface area contributed by atoms with E-state index in [1.54, 1.807) is 0 Å². The summed E-state index contributed by atoms with van der Waals surface area (Å²) in [7, 11) is 1.40. The molecule has 0 radical (unpaired) electrons. The van der Waals surface area contributed by atoms with E-state index in [0.29, 0.717) is 13.0 Å². The third kappa shape index (κ3) is 2.63. The number of carbonyl (C=O) groups excluding carboxylic acids is 3. The Morgan fingerprint density at radius 2 is 2.00 bits per heavy atom. The van der Waals surface area contributed by atoms with Gasteiger partial charge in [-0.1, -0.05) is 0 Å². The molecule has 2 amide bonds. The summed E-state index contributed by atoms with van der Waals surface area (Å²) in [6.07, 6.45) is 1.77. The summed E-state index contributed by atoms with van der Waals surface area (Å²) in [5.41, 5.74) is 0. The molecule has 0 unspecified atom stereocenters. The van der Waals surface area contributed by atoms with Crippen LogP contribution in [0, 0.1) is 5.92 Å². The van der Waals surface area contributed by atoms with Crippen molar-refractivity contribution in [1.82, 2.24) is 4.90 Å². The predicted octanol–water partition coefficient (Wildman–Crippen LogP) is -1.40. The van der Waals surface area contributed by atoms with Crippen LogP contribution in [0.4, 0.5) is 0 Å². The smallest absolute Gasteiger partial charge is 0.309 e. The SMILES string of the molecule is CCN1C(=O)C[C@@H]([NH+]2CCC(C(=O)OC)CC2)C1=O. The molecule has 0 aromatic rings. The number of likely N-dealkylation sites (N-methyl/N-ethyl adjacent to an activating group) is 1. The molecule has 0 bridgehead atoms. The zero-order valence-corrected chi connectivity index (χ0v) is 11.5. The molecule has 2 rings (SSSR count). The Hall–Kier alpha value is -1.43. The number of esters is 1. The number of amides is 2. The topological polar surface area (TPSA) is 68.1 Å². The highest BCUT2D eigenvalue weighted by Crippen LogP contribution is 2.15. The van der Waals surface area contributed by atoms with E-state index in [9.17, 15) is 14.4 Å². The molecule has 1 atom stereocenters. The van der Waals surface area contributed by atoms with Crippen LogP contribution in [-0.2, 0) is 19.1 Å². The Balaban J connectivity index is 1.94. The first-order valence-corrected chi connectivity index (χ1v) is 6.85. The lowest BCUT2D eigenvalue weighted by atomic mass is 9.95. The van der Waals surface area contributed by atoms with Crippen LogP contribution in [0.25, 0.3) is 0 Å². The van der Waals surface area contributed by atoms with Crippen LogP contribution in [0.15, 0.2) is 0 Å². The molecular weight excluding hydrogens is 248 g/mol. The maximum Gasteiger partial charge on any atom is 0.309 e. The van der Waals surface area contributed by atoms with Crippen molar-refractivity contribution in [2.45, 2.75) is 32.2 Å². The van der Waals surface area contributed by atoms with Gasteiger partial charge in [0, 0.05) is 19.4 Å². The largest absolute Gasteiger partial charge is 0.469 e. The van der Waals surface area contributed by atoms with Gasteiger partial charge in [-0.05, 0) is 6.92 Å². The first kappa shape index (κ1) is 14.0. The van der Waals surface area contributed by atoms with E-state index in [-0.39, 0.29) is 29.7 Å². The van der Waals surface area contributed by atoms with Crippen LogP contribution in [0.5, 0.6) is 0 Å². The fraction of sp³-hybridized carbons (Fsp3) is 0.769. The Labute approximate surface area is 112 Å². The van der Waals surface area contributed by atoms with Crippen molar-refractivity contribution in [3.8, 4) is 0 Å². The van der Waals surface area contributed by atoms with Crippen LogP contribution in [0.3, 0.4) is 0 Å². The minimum Gasteiger partial charge on any atom is -0.469 e. The van der Waals surface area contributed by atoms with Crippen LogP contribution in [0.1, 0.15) is 26.2 Å². The van der Waals surface area contributed by atoms with Gasteiger partial charge in [-0.15, -0.1) is 0 Å². The van der Waals surface area contributed by atoms with E-state index in [1.807, 2.05) is 6.92 Å². The molecule has 0 aliphatic carbocycles. The van der Waals surface area contributed by atoms with Crippen LogP contribution in [0.2, 0.25) is 0 Å². The second-order valence-electron chi connectivity index (χ2n) is 5.19. The molecule has 19 heavy (non-hydrogen) atoms. The molecule has 2 aliphatic heterocycles. The van der Waals surface area contributed by atoms with E-state index >= 15 is 0 Å². The monoisotopic (exact) mass is 269 g/mol. The summed E-state index contributed by atoms with van der Waals surface area (Å²) in [5.74, 6) is -0.342. The van der Waals surface area contributed by atoms with E-state index < -0.39 is 0 Å². The van der Waals surface area contributed by atoms with Crippen molar-refractivity contribution in [3.05, 3.63) is 0 Å². The molecule has 0 aromatic heterocycles. The van der Waals surface area contributed by atoms with E-state index in [4.69, 9.17) is 4.74 Å². The molecule has 2 fully saturated rings. The van der Waals surface area contributed by atoms with Gasteiger partial charge in [0.2, 0.25) is 5.91 Å². The number of hydrogen-bond acceptors (Lipinski definition) is 4. The van der Waals surface area contributed by atoms with E-state index in [0.717, 1.165) is 30.8 Å². The van der Waals surface area contributed by atoms with Gasteiger partial charge in [0.15, 0.2) is 6.04 Å². The van der Waals surface area contributed by atoms with Crippen molar-refractivity contribution in [2.75, 3.05) is 26.7 Å². The maximum atomic E-state index is 12.1. The van der Waals surface area contributed by atoms with Gasteiger partial charge < -0.3 is 9.64 Å². The van der Waals surface area contributed by atoms with Crippen molar-refractivity contribution in [1.29, 1.82) is 0 Å². The summed E-state index contributed by atoms with van der Waals surface area (Å²) in [4.78, 5) is 37.7. The molecule has 2 saturated heterocycles. The van der Waals surface area contributed by atoms with Gasteiger partial charge in [0.25, 0.3) is 5.91 Å². The molecule has 2 heterocycles. The van der Waals surface area contributed by atoms with E-state index in [1.165, 1.54) is 12.0 Å². The molecule has 1 N–H and O–H groups in total. The Kier molecular flexibility index (Phi) is 4.19. The number of ether oxygens (including phenoxy) is 1. The van der Waals surface area contributed by atoms with Gasteiger partial charge in [-0.25, -0.2) is 0 Å². The number of hydrogen-bond donors (Lipinski definition) is 1. The average molecular weight is 269 g/mol. The lowest BCUT2D eigenvalue weighted by Crippen LogP contribution is -3.17. The summed E-state index contributed by atoms with van der Waals surface area (Å²) < 4.78 is 4.75. The van der Waals surface area contributed by atoms with Gasteiger partial charge in [-0.2, -0.15) is 0 Å². The molecule has 106 valence electrons. The number of rotatable bonds is 3. The summed E-state index contributed by atoms with van der Waals surface area (Å²) in [6, 6.07) is -0.244. The van der Waals surface area contributed by atoms with Crippen molar-refractivity contribution < 1.29 is 24.0 Å². The summed E-state index contributed by atoms with van der Waals surface area (Å²) >= 11 is 0. The maximum absolute atomic E-state index is 12.1. The fourth-order valence-corrected chi connectivity index (χ4v) is 3.07. The number of piperidine rings is 1. The fourth-order valence-electron chi connectivity index (χ4n) is 3.07. The minimum atomic E-state index is -0.244. The van der Waals surface area contributed by atoms with Crippen LogP contribution >= 0.6 is 0 Å². The highest BCUT2D eigenvalue weighted by atomic mass is 16.5. The van der Waals surface area contributed by atoms with E-state index in [2.05, 4.69) is 0 Å². The normalized spacial score (nSPS) is 31.7. The number of quaternary nitrogens is 1. The quantitative estimate of drug-likeness (QED) is 0.505. The number of imide groups is 1. The Morgan fingerprint density at radius 1 is 1.37 bits per heavy atom. The van der Waals surface area contributed by atoms with Gasteiger partial charge in [0.05, 0.1) is 32.5 Å². The van der Waals surface area contributed by atoms with Crippen molar-refractivity contribution in [3.63, 3.8) is 0 Å². The lowest BCUT2D eigenvalue weighted by Gasteiger charge is -2.30.